The molecule has 2 aromatic carbocycles. The standard InChI is InChI=1S/C25H20ClF5N2O3/c26-16-9-14(1-3-17(16)27)13-5-7-24(35,8-6-13)21(34)10-18-22-15(19-11-32-12-33(18)19)2-4-20(23(22)28)36-25(29,30)31/h1-4,9,11-13,18,35H,5-8,10H2. The average Bonchev–Trinajstić information content (AvgIpc) is 3.40. The third-order valence-corrected chi connectivity index (χ3v) is 7.40. The van der Waals surface area contributed by atoms with Crippen molar-refractivity contribution in [3.05, 3.63) is 70.6 Å². The molecule has 190 valence electrons. The zero-order chi connectivity index (χ0) is 25.8. The molecule has 1 fully saturated rings. The SMILES string of the molecule is O=C(CC1c2c(ccc(OC(F)(F)F)c2F)-c2cncn21)C1(O)CCC(c2ccc(F)c(Cl)c2)CC1. The number of aromatic nitrogens is 2. The Morgan fingerprint density at radius 1 is 1.19 bits per heavy atom. The van der Waals surface area contributed by atoms with Crippen LogP contribution in [0.4, 0.5) is 22.0 Å². The van der Waals surface area contributed by atoms with Gasteiger partial charge in [0.05, 0.1) is 29.3 Å². The second-order valence-corrected chi connectivity index (χ2v) is 9.60. The highest BCUT2D eigenvalue weighted by Gasteiger charge is 2.44. The summed E-state index contributed by atoms with van der Waals surface area (Å²) in [7, 11) is 0. The molecule has 5 rings (SSSR count). The molecular formula is C25H20ClF5N2O3. The van der Waals surface area contributed by atoms with Gasteiger partial charge in [-0.3, -0.25) is 4.79 Å². The number of aliphatic hydroxyl groups is 1. The van der Waals surface area contributed by atoms with Gasteiger partial charge in [-0.25, -0.2) is 13.8 Å². The highest BCUT2D eigenvalue weighted by molar-refractivity contribution is 6.30. The van der Waals surface area contributed by atoms with Crippen LogP contribution in [0, 0.1) is 11.6 Å². The summed E-state index contributed by atoms with van der Waals surface area (Å²) in [5, 5.41) is 11.2. The molecule has 1 atom stereocenters. The lowest BCUT2D eigenvalue weighted by Crippen LogP contribution is -2.42. The quantitative estimate of drug-likeness (QED) is 0.395. The Kier molecular flexibility index (Phi) is 6.07. The Hall–Kier alpha value is -2.98. The van der Waals surface area contributed by atoms with E-state index >= 15 is 4.39 Å². The van der Waals surface area contributed by atoms with Crippen LogP contribution >= 0.6 is 11.6 Å². The van der Waals surface area contributed by atoms with Gasteiger partial charge in [0.2, 0.25) is 0 Å². The molecule has 0 amide bonds. The van der Waals surface area contributed by atoms with Gasteiger partial charge in [-0.15, -0.1) is 13.2 Å². The average molecular weight is 527 g/mol. The van der Waals surface area contributed by atoms with Crippen molar-refractivity contribution in [2.45, 2.75) is 56.0 Å². The zero-order valence-corrected chi connectivity index (χ0v) is 19.4. The topological polar surface area (TPSA) is 64.3 Å². The summed E-state index contributed by atoms with van der Waals surface area (Å²) in [4.78, 5) is 17.3. The number of nitrogens with zero attached hydrogens (tertiary/aromatic N) is 2. The van der Waals surface area contributed by atoms with E-state index in [-0.39, 0.29) is 35.8 Å². The normalized spacial score (nSPS) is 23.3. The fourth-order valence-corrected chi connectivity index (χ4v) is 5.46. The molecule has 36 heavy (non-hydrogen) atoms. The summed E-state index contributed by atoms with van der Waals surface area (Å²) in [5.74, 6) is -3.31. The Morgan fingerprint density at radius 2 is 1.92 bits per heavy atom. The van der Waals surface area contributed by atoms with Gasteiger partial charge in [-0.05, 0) is 61.4 Å². The van der Waals surface area contributed by atoms with Crippen molar-refractivity contribution in [1.29, 1.82) is 0 Å². The molecule has 1 aliphatic carbocycles. The van der Waals surface area contributed by atoms with E-state index in [4.69, 9.17) is 11.6 Å². The fraction of sp³-hybridized carbons (Fsp3) is 0.360. The second kappa shape index (κ2) is 8.85. The maximum atomic E-state index is 15.2. The molecule has 11 heteroatoms. The van der Waals surface area contributed by atoms with Gasteiger partial charge < -0.3 is 14.4 Å². The van der Waals surface area contributed by atoms with E-state index in [0.717, 1.165) is 11.6 Å². The molecular weight excluding hydrogens is 507 g/mol. The molecule has 1 unspecified atom stereocenters. The van der Waals surface area contributed by atoms with E-state index in [1.807, 2.05) is 0 Å². The van der Waals surface area contributed by atoms with Crippen molar-refractivity contribution >= 4 is 17.4 Å². The highest BCUT2D eigenvalue weighted by atomic mass is 35.5. The largest absolute Gasteiger partial charge is 0.573 e. The van der Waals surface area contributed by atoms with Crippen LogP contribution in [-0.2, 0) is 4.79 Å². The minimum Gasteiger partial charge on any atom is -0.403 e. The van der Waals surface area contributed by atoms with Crippen LogP contribution in [0.2, 0.25) is 5.02 Å². The summed E-state index contributed by atoms with van der Waals surface area (Å²) in [6, 6.07) is 5.63. The Balaban J connectivity index is 1.37. The predicted molar refractivity (Wildman–Crippen MR) is 120 cm³/mol. The number of ketones is 1. The summed E-state index contributed by atoms with van der Waals surface area (Å²) < 4.78 is 72.3. The predicted octanol–water partition coefficient (Wildman–Crippen LogP) is 6.33. The van der Waals surface area contributed by atoms with Crippen LogP contribution in [0.5, 0.6) is 5.75 Å². The van der Waals surface area contributed by atoms with Gasteiger partial charge in [-0.1, -0.05) is 17.7 Å². The first kappa shape index (κ1) is 24.7. The fourth-order valence-electron chi connectivity index (χ4n) is 5.27. The van der Waals surface area contributed by atoms with E-state index in [2.05, 4.69) is 9.72 Å². The molecule has 1 aliphatic heterocycles. The highest BCUT2D eigenvalue weighted by Crippen LogP contribution is 2.47. The molecule has 2 heterocycles. The first-order chi connectivity index (χ1) is 17.0. The number of carbonyl (C=O) groups excluding carboxylic acids is 1. The lowest BCUT2D eigenvalue weighted by molar-refractivity contribution is -0.275. The minimum atomic E-state index is -5.08. The summed E-state index contributed by atoms with van der Waals surface area (Å²) in [6.45, 7) is 0. The Bertz CT molecular complexity index is 1330. The number of hydrogen-bond donors (Lipinski definition) is 1. The first-order valence-electron chi connectivity index (χ1n) is 11.3. The number of imidazole rings is 1. The van der Waals surface area contributed by atoms with E-state index in [1.165, 1.54) is 35.3 Å². The number of ether oxygens (including phenoxy) is 1. The Labute approximate surface area is 207 Å². The van der Waals surface area contributed by atoms with Gasteiger partial charge in [0.25, 0.3) is 0 Å². The summed E-state index contributed by atoms with van der Waals surface area (Å²) >= 11 is 5.88. The van der Waals surface area contributed by atoms with E-state index in [9.17, 15) is 27.5 Å². The van der Waals surface area contributed by atoms with Crippen molar-refractivity contribution in [2.24, 2.45) is 0 Å². The van der Waals surface area contributed by atoms with Gasteiger partial charge in [0.15, 0.2) is 17.3 Å². The van der Waals surface area contributed by atoms with Gasteiger partial charge in [-0.2, -0.15) is 0 Å². The lowest BCUT2D eigenvalue weighted by Gasteiger charge is -2.36. The first-order valence-corrected chi connectivity index (χ1v) is 11.7. The summed E-state index contributed by atoms with van der Waals surface area (Å²) in [5.41, 5.74) is -0.227. The van der Waals surface area contributed by atoms with Gasteiger partial charge in [0, 0.05) is 17.5 Å². The number of fused-ring (bicyclic) bond motifs is 3. The molecule has 1 N–H and O–H groups in total. The third kappa shape index (κ3) is 4.37. The number of alkyl halides is 3. The van der Waals surface area contributed by atoms with E-state index in [1.54, 1.807) is 6.07 Å². The summed E-state index contributed by atoms with van der Waals surface area (Å²) in [6.07, 6.45) is -1.48. The van der Waals surface area contributed by atoms with E-state index in [0.29, 0.717) is 24.1 Å². The number of carbonyl (C=O) groups is 1. The third-order valence-electron chi connectivity index (χ3n) is 7.11. The number of Topliss-reactive ketones (excluding diaryl/α,β-unsaturated/α-hetero) is 1. The van der Waals surface area contributed by atoms with Crippen molar-refractivity contribution in [3.8, 4) is 17.0 Å². The minimum absolute atomic E-state index is 0.00338. The molecule has 3 aromatic rings. The van der Waals surface area contributed by atoms with Crippen LogP contribution in [0.15, 0.2) is 42.9 Å². The van der Waals surface area contributed by atoms with Crippen LogP contribution in [0.3, 0.4) is 0 Å². The molecule has 0 saturated heterocycles. The lowest BCUT2D eigenvalue weighted by atomic mass is 9.73. The molecule has 0 radical (unpaired) electrons. The van der Waals surface area contributed by atoms with Crippen molar-refractivity contribution in [2.75, 3.05) is 0 Å². The van der Waals surface area contributed by atoms with Gasteiger partial charge >= 0.3 is 6.36 Å². The molecule has 1 aromatic heterocycles. The second-order valence-electron chi connectivity index (χ2n) is 9.20. The monoisotopic (exact) mass is 526 g/mol. The number of hydrogen-bond acceptors (Lipinski definition) is 4. The number of rotatable bonds is 5. The zero-order valence-electron chi connectivity index (χ0n) is 18.7. The molecule has 1 saturated carbocycles. The van der Waals surface area contributed by atoms with E-state index < -0.39 is 41.2 Å². The molecule has 0 spiro atoms. The number of benzene rings is 2. The van der Waals surface area contributed by atoms with Crippen LogP contribution in [0.25, 0.3) is 11.3 Å². The molecule has 2 aliphatic rings. The maximum Gasteiger partial charge on any atom is 0.573 e. The van der Waals surface area contributed by atoms with Crippen LogP contribution in [0.1, 0.15) is 55.2 Å². The molecule has 5 nitrogen and oxygen atoms in total. The van der Waals surface area contributed by atoms with Crippen molar-refractivity contribution in [1.82, 2.24) is 9.55 Å². The van der Waals surface area contributed by atoms with Crippen molar-refractivity contribution < 1.29 is 36.6 Å². The number of halogens is 6. The smallest absolute Gasteiger partial charge is 0.403 e. The molecule has 0 bridgehead atoms. The van der Waals surface area contributed by atoms with Crippen LogP contribution < -0.4 is 4.74 Å². The van der Waals surface area contributed by atoms with Gasteiger partial charge in [0.1, 0.15) is 11.4 Å². The van der Waals surface area contributed by atoms with Crippen molar-refractivity contribution in [3.63, 3.8) is 0 Å². The Morgan fingerprint density at radius 3 is 2.58 bits per heavy atom. The van der Waals surface area contributed by atoms with Crippen LogP contribution in [-0.4, -0.2) is 32.4 Å². The maximum absolute atomic E-state index is 15.2.